The Morgan fingerprint density at radius 3 is 2.80 bits per heavy atom. The van der Waals surface area contributed by atoms with Gasteiger partial charge in [0.2, 0.25) is 0 Å². The smallest absolute Gasteiger partial charge is 0.336 e. The number of hydrogen-bond acceptors (Lipinski definition) is 3. The summed E-state index contributed by atoms with van der Waals surface area (Å²) in [5, 5.41) is 9.13. The van der Waals surface area contributed by atoms with E-state index in [-0.39, 0.29) is 0 Å². The van der Waals surface area contributed by atoms with Crippen molar-refractivity contribution in [2.75, 3.05) is 18.1 Å². The average molecular weight is 232 g/mol. The van der Waals surface area contributed by atoms with Gasteiger partial charge in [0.05, 0.1) is 0 Å². The van der Waals surface area contributed by atoms with Crippen molar-refractivity contribution in [3.05, 3.63) is 0 Å². The van der Waals surface area contributed by atoms with Gasteiger partial charge >= 0.3 is 5.97 Å². The van der Waals surface area contributed by atoms with Crippen LogP contribution in [-0.2, 0) is 9.53 Å². The van der Waals surface area contributed by atoms with Gasteiger partial charge in [-0.1, -0.05) is 13.8 Å². The van der Waals surface area contributed by atoms with Crippen molar-refractivity contribution < 1.29 is 14.6 Å². The van der Waals surface area contributed by atoms with Gasteiger partial charge in [-0.05, 0) is 30.9 Å². The number of hydrogen-bond donors (Lipinski definition) is 1. The summed E-state index contributed by atoms with van der Waals surface area (Å²) in [5.41, 5.74) is -0.887. The van der Waals surface area contributed by atoms with E-state index in [0.29, 0.717) is 24.7 Å². The molecule has 0 aromatic heterocycles. The minimum absolute atomic E-state index is 0.574. The molecule has 0 amide bonds. The van der Waals surface area contributed by atoms with Crippen LogP contribution in [0.5, 0.6) is 0 Å². The minimum Gasteiger partial charge on any atom is -0.479 e. The lowest BCUT2D eigenvalue weighted by molar-refractivity contribution is -0.162. The molecule has 0 saturated carbocycles. The van der Waals surface area contributed by atoms with E-state index in [1.807, 2.05) is 0 Å². The Labute approximate surface area is 95.6 Å². The molecule has 1 heterocycles. The monoisotopic (exact) mass is 232 g/mol. The largest absolute Gasteiger partial charge is 0.479 e. The topological polar surface area (TPSA) is 46.5 Å². The first-order valence-corrected chi connectivity index (χ1v) is 6.67. The second kappa shape index (κ2) is 5.75. The van der Waals surface area contributed by atoms with Crippen LogP contribution >= 0.6 is 11.8 Å². The Bertz CT molecular complexity index is 210. The molecule has 0 aromatic carbocycles. The van der Waals surface area contributed by atoms with E-state index in [1.54, 1.807) is 11.8 Å². The van der Waals surface area contributed by atoms with Gasteiger partial charge in [0, 0.05) is 12.4 Å². The number of ether oxygens (including phenoxy) is 1. The Morgan fingerprint density at radius 1 is 1.60 bits per heavy atom. The van der Waals surface area contributed by atoms with E-state index >= 15 is 0 Å². The summed E-state index contributed by atoms with van der Waals surface area (Å²) in [5.74, 6) is 1.37. The predicted octanol–water partition coefficient (Wildman–Crippen LogP) is 2.40. The predicted molar refractivity (Wildman–Crippen MR) is 62.3 cm³/mol. The highest BCUT2D eigenvalue weighted by Crippen LogP contribution is 2.31. The highest BCUT2D eigenvalue weighted by molar-refractivity contribution is 7.99. The number of carboxylic acids is 1. The van der Waals surface area contributed by atoms with Gasteiger partial charge in [0.15, 0.2) is 5.60 Å². The fourth-order valence-electron chi connectivity index (χ4n) is 1.65. The lowest BCUT2D eigenvalue weighted by Crippen LogP contribution is -2.41. The molecule has 1 atom stereocenters. The van der Waals surface area contributed by atoms with Crippen LogP contribution in [0.2, 0.25) is 0 Å². The van der Waals surface area contributed by atoms with Crippen LogP contribution in [0.15, 0.2) is 0 Å². The molecule has 0 spiro atoms. The molecule has 4 heteroatoms. The Balaban J connectivity index is 2.30. The van der Waals surface area contributed by atoms with Crippen LogP contribution in [0.25, 0.3) is 0 Å². The summed E-state index contributed by atoms with van der Waals surface area (Å²) < 4.78 is 5.58. The van der Waals surface area contributed by atoms with Crippen molar-refractivity contribution in [3.8, 4) is 0 Å². The van der Waals surface area contributed by atoms with Gasteiger partial charge in [-0.3, -0.25) is 0 Å². The third-order valence-corrected chi connectivity index (χ3v) is 3.84. The fourth-order valence-corrected chi connectivity index (χ4v) is 2.95. The quantitative estimate of drug-likeness (QED) is 0.714. The molecule has 0 aliphatic carbocycles. The SMILES string of the molecule is CC(C)CCCOC1(C(=O)O)CCSC1. The third-order valence-electron chi connectivity index (χ3n) is 2.68. The second-order valence-corrected chi connectivity index (χ2v) is 5.59. The summed E-state index contributed by atoms with van der Waals surface area (Å²) in [6.45, 7) is 4.90. The molecule has 3 nitrogen and oxygen atoms in total. The third kappa shape index (κ3) is 3.68. The van der Waals surface area contributed by atoms with Crippen LogP contribution in [0.4, 0.5) is 0 Å². The highest BCUT2D eigenvalue weighted by Gasteiger charge is 2.42. The van der Waals surface area contributed by atoms with Gasteiger partial charge < -0.3 is 9.84 Å². The van der Waals surface area contributed by atoms with E-state index in [0.717, 1.165) is 18.6 Å². The Kier molecular flexibility index (Phi) is 4.93. The van der Waals surface area contributed by atoms with Gasteiger partial charge in [0.25, 0.3) is 0 Å². The maximum atomic E-state index is 11.1. The average Bonchev–Trinajstić information content (AvgIpc) is 2.62. The fraction of sp³-hybridized carbons (Fsp3) is 0.909. The number of carboxylic acid groups (broad SMARTS) is 1. The summed E-state index contributed by atoms with van der Waals surface area (Å²) in [4.78, 5) is 11.1. The second-order valence-electron chi connectivity index (χ2n) is 4.49. The molecular formula is C11H20O3S. The summed E-state index contributed by atoms with van der Waals surface area (Å²) in [7, 11) is 0. The van der Waals surface area contributed by atoms with Crippen molar-refractivity contribution in [1.82, 2.24) is 0 Å². The molecule has 1 rings (SSSR count). The first kappa shape index (κ1) is 12.8. The lowest BCUT2D eigenvalue weighted by Gasteiger charge is -2.23. The van der Waals surface area contributed by atoms with Crippen LogP contribution in [0.1, 0.15) is 33.1 Å². The van der Waals surface area contributed by atoms with Gasteiger partial charge in [-0.15, -0.1) is 0 Å². The minimum atomic E-state index is -0.887. The summed E-state index contributed by atoms with van der Waals surface area (Å²) >= 11 is 1.67. The van der Waals surface area contributed by atoms with Gasteiger partial charge in [-0.2, -0.15) is 11.8 Å². The summed E-state index contributed by atoms with van der Waals surface area (Å²) in [6, 6.07) is 0. The van der Waals surface area contributed by atoms with Crippen molar-refractivity contribution in [3.63, 3.8) is 0 Å². The zero-order chi connectivity index (χ0) is 11.3. The molecule has 1 aliphatic rings. The van der Waals surface area contributed by atoms with Crippen LogP contribution in [-0.4, -0.2) is 34.8 Å². The number of carbonyl (C=O) groups is 1. The first-order valence-electron chi connectivity index (χ1n) is 5.52. The van der Waals surface area contributed by atoms with Crippen LogP contribution in [0, 0.1) is 5.92 Å². The van der Waals surface area contributed by atoms with Crippen molar-refractivity contribution in [1.29, 1.82) is 0 Å². The van der Waals surface area contributed by atoms with Crippen molar-refractivity contribution in [2.45, 2.75) is 38.7 Å². The maximum absolute atomic E-state index is 11.1. The molecule has 0 bridgehead atoms. The van der Waals surface area contributed by atoms with Gasteiger partial charge in [0.1, 0.15) is 0 Å². The molecule has 1 aliphatic heterocycles. The van der Waals surface area contributed by atoms with Crippen LogP contribution in [0.3, 0.4) is 0 Å². The number of aliphatic carboxylic acids is 1. The van der Waals surface area contributed by atoms with Crippen molar-refractivity contribution in [2.24, 2.45) is 5.92 Å². The number of thioether (sulfide) groups is 1. The molecule has 88 valence electrons. The molecule has 0 radical (unpaired) electrons. The normalized spacial score (nSPS) is 26.1. The Hall–Kier alpha value is -0.220. The maximum Gasteiger partial charge on any atom is 0.336 e. The van der Waals surface area contributed by atoms with E-state index in [1.165, 1.54) is 0 Å². The standard InChI is InChI=1S/C11H20O3S/c1-9(2)4-3-6-14-11(10(12)13)5-7-15-8-11/h9H,3-8H2,1-2H3,(H,12,13). The van der Waals surface area contributed by atoms with Crippen LogP contribution < -0.4 is 0 Å². The van der Waals surface area contributed by atoms with E-state index in [4.69, 9.17) is 9.84 Å². The van der Waals surface area contributed by atoms with E-state index < -0.39 is 11.6 Å². The highest BCUT2D eigenvalue weighted by atomic mass is 32.2. The molecular weight excluding hydrogens is 212 g/mol. The van der Waals surface area contributed by atoms with Gasteiger partial charge in [-0.25, -0.2) is 4.79 Å². The molecule has 1 N–H and O–H groups in total. The summed E-state index contributed by atoms with van der Waals surface area (Å²) in [6.07, 6.45) is 2.70. The zero-order valence-corrected chi connectivity index (χ0v) is 10.3. The van der Waals surface area contributed by atoms with E-state index in [9.17, 15) is 4.79 Å². The molecule has 15 heavy (non-hydrogen) atoms. The molecule has 1 fully saturated rings. The Morgan fingerprint density at radius 2 is 2.33 bits per heavy atom. The first-order chi connectivity index (χ1) is 7.07. The molecule has 1 unspecified atom stereocenters. The molecule has 0 aromatic rings. The zero-order valence-electron chi connectivity index (χ0n) is 9.49. The molecule has 1 saturated heterocycles. The lowest BCUT2D eigenvalue weighted by atomic mass is 10.0. The van der Waals surface area contributed by atoms with E-state index in [2.05, 4.69) is 13.8 Å². The number of rotatable bonds is 6. The van der Waals surface area contributed by atoms with Crippen molar-refractivity contribution >= 4 is 17.7 Å².